The van der Waals surface area contributed by atoms with Gasteiger partial charge in [-0.1, -0.05) is 15.9 Å². The molecule has 0 spiro atoms. The number of anilines is 1. The van der Waals surface area contributed by atoms with Crippen LogP contribution < -0.4 is 5.32 Å². The zero-order valence-electron chi connectivity index (χ0n) is 10.1. The predicted molar refractivity (Wildman–Crippen MR) is 76.4 cm³/mol. The van der Waals surface area contributed by atoms with Crippen molar-refractivity contribution in [2.45, 2.75) is 18.9 Å². The number of halogens is 1. The first-order chi connectivity index (χ1) is 8.87. The van der Waals surface area contributed by atoms with Crippen LogP contribution in [0.4, 0.5) is 5.69 Å². The largest absolute Gasteiger partial charge is 0.478 e. The van der Waals surface area contributed by atoms with Gasteiger partial charge in [0.25, 0.3) is 0 Å². The Bertz CT molecular complexity index is 600. The monoisotopic (exact) mass is 347 g/mol. The maximum absolute atomic E-state index is 11.6. The minimum Gasteiger partial charge on any atom is -0.478 e. The Morgan fingerprint density at radius 2 is 2.16 bits per heavy atom. The van der Waals surface area contributed by atoms with Crippen LogP contribution in [0.2, 0.25) is 0 Å². The van der Waals surface area contributed by atoms with Gasteiger partial charge in [0, 0.05) is 10.5 Å². The molecule has 104 valence electrons. The van der Waals surface area contributed by atoms with Crippen LogP contribution in [-0.2, 0) is 9.84 Å². The van der Waals surface area contributed by atoms with E-state index < -0.39 is 15.8 Å². The molecule has 1 fully saturated rings. The Balaban J connectivity index is 2.23. The van der Waals surface area contributed by atoms with Crippen LogP contribution in [0.5, 0.6) is 0 Å². The number of hydrogen-bond donors (Lipinski definition) is 2. The molecule has 1 heterocycles. The molecule has 1 aliphatic heterocycles. The van der Waals surface area contributed by atoms with Crippen LogP contribution in [0.25, 0.3) is 0 Å². The van der Waals surface area contributed by atoms with Gasteiger partial charge in [0.1, 0.15) is 0 Å². The lowest BCUT2D eigenvalue weighted by Gasteiger charge is -2.24. The summed E-state index contributed by atoms with van der Waals surface area (Å²) in [5, 5.41) is 12.2. The maximum Gasteiger partial charge on any atom is 0.337 e. The Hall–Kier alpha value is -1.08. The summed E-state index contributed by atoms with van der Waals surface area (Å²) >= 11 is 3.28. The van der Waals surface area contributed by atoms with Gasteiger partial charge in [-0.3, -0.25) is 0 Å². The Morgan fingerprint density at radius 3 is 2.79 bits per heavy atom. The van der Waals surface area contributed by atoms with Gasteiger partial charge in [0.15, 0.2) is 9.84 Å². The Kier molecular flexibility index (Phi) is 4.15. The lowest BCUT2D eigenvalue weighted by atomic mass is 10.1. The van der Waals surface area contributed by atoms with Gasteiger partial charge in [-0.2, -0.15) is 0 Å². The lowest BCUT2D eigenvalue weighted by Crippen LogP contribution is -2.35. The number of hydrogen-bond acceptors (Lipinski definition) is 4. The van der Waals surface area contributed by atoms with Gasteiger partial charge < -0.3 is 10.4 Å². The van der Waals surface area contributed by atoms with Crippen LogP contribution in [-0.4, -0.2) is 37.0 Å². The van der Waals surface area contributed by atoms with Crippen molar-refractivity contribution in [3.05, 3.63) is 28.2 Å². The fourth-order valence-corrected chi connectivity index (χ4v) is 4.18. The molecule has 5 nitrogen and oxygen atoms in total. The highest BCUT2D eigenvalue weighted by atomic mass is 79.9. The molecule has 2 N–H and O–H groups in total. The summed E-state index contributed by atoms with van der Waals surface area (Å²) in [5.41, 5.74) is 0.593. The molecule has 1 unspecified atom stereocenters. The summed E-state index contributed by atoms with van der Waals surface area (Å²) in [5.74, 6) is -0.762. The number of carboxylic acids is 1. The number of nitrogens with one attached hydrogen (secondary N) is 1. The summed E-state index contributed by atoms with van der Waals surface area (Å²) in [4.78, 5) is 11.1. The molecular formula is C12H14BrNO4S. The van der Waals surface area contributed by atoms with Crippen LogP contribution in [0.3, 0.4) is 0 Å². The summed E-state index contributed by atoms with van der Waals surface area (Å²) in [7, 11) is -3.02. The minimum absolute atomic E-state index is 0.0541. The summed E-state index contributed by atoms with van der Waals surface area (Å²) < 4.78 is 23.9. The lowest BCUT2D eigenvalue weighted by molar-refractivity contribution is 0.0698. The number of carbonyl (C=O) groups is 1. The van der Waals surface area contributed by atoms with E-state index in [-0.39, 0.29) is 23.1 Å². The van der Waals surface area contributed by atoms with Crippen molar-refractivity contribution < 1.29 is 18.3 Å². The minimum atomic E-state index is -3.02. The molecule has 2 rings (SSSR count). The molecule has 0 amide bonds. The van der Waals surface area contributed by atoms with Crippen LogP contribution in [0.15, 0.2) is 22.7 Å². The van der Waals surface area contributed by atoms with E-state index in [0.717, 1.165) is 10.9 Å². The summed E-state index contributed by atoms with van der Waals surface area (Å²) in [6.45, 7) is 0. The van der Waals surface area contributed by atoms with E-state index in [9.17, 15) is 13.2 Å². The SMILES string of the molecule is O=C(O)c1ccc(Br)cc1NC1CCCS(=O)(=O)C1. The third-order valence-corrected chi connectivity index (χ3v) is 5.35. The van der Waals surface area contributed by atoms with E-state index in [2.05, 4.69) is 21.2 Å². The van der Waals surface area contributed by atoms with Gasteiger partial charge >= 0.3 is 5.97 Å². The van der Waals surface area contributed by atoms with E-state index in [1.807, 2.05) is 0 Å². The van der Waals surface area contributed by atoms with E-state index in [4.69, 9.17) is 5.11 Å². The molecule has 19 heavy (non-hydrogen) atoms. The number of carboxylic acid groups (broad SMARTS) is 1. The van der Waals surface area contributed by atoms with Crippen molar-refractivity contribution in [2.24, 2.45) is 0 Å². The molecular weight excluding hydrogens is 334 g/mol. The zero-order valence-corrected chi connectivity index (χ0v) is 12.5. The molecule has 0 radical (unpaired) electrons. The highest BCUT2D eigenvalue weighted by Crippen LogP contribution is 2.24. The zero-order chi connectivity index (χ0) is 14.0. The number of rotatable bonds is 3. The molecule has 0 bridgehead atoms. The average molecular weight is 348 g/mol. The van der Waals surface area contributed by atoms with Crippen molar-refractivity contribution in [3.63, 3.8) is 0 Å². The van der Waals surface area contributed by atoms with Gasteiger partial charge in [-0.05, 0) is 31.0 Å². The third-order valence-electron chi connectivity index (χ3n) is 3.03. The number of benzene rings is 1. The quantitative estimate of drug-likeness (QED) is 0.874. The van der Waals surface area contributed by atoms with Crippen molar-refractivity contribution >= 4 is 37.4 Å². The topological polar surface area (TPSA) is 83.5 Å². The second-order valence-electron chi connectivity index (χ2n) is 4.59. The maximum atomic E-state index is 11.6. The summed E-state index contributed by atoms with van der Waals surface area (Å²) in [6, 6.07) is 4.56. The van der Waals surface area contributed by atoms with E-state index in [0.29, 0.717) is 12.1 Å². The van der Waals surface area contributed by atoms with E-state index >= 15 is 0 Å². The standard InChI is InChI=1S/C12H14BrNO4S/c13-8-3-4-10(12(15)16)11(6-8)14-9-2-1-5-19(17,18)7-9/h3-4,6,9,14H,1-2,5,7H2,(H,15,16). The van der Waals surface area contributed by atoms with Crippen molar-refractivity contribution in [2.75, 3.05) is 16.8 Å². The van der Waals surface area contributed by atoms with Gasteiger partial charge in [0.2, 0.25) is 0 Å². The first-order valence-electron chi connectivity index (χ1n) is 5.87. The summed E-state index contributed by atoms with van der Waals surface area (Å²) in [6.07, 6.45) is 1.33. The molecule has 0 aromatic heterocycles. The third kappa shape index (κ3) is 3.70. The van der Waals surface area contributed by atoms with Crippen LogP contribution in [0.1, 0.15) is 23.2 Å². The average Bonchev–Trinajstić information content (AvgIpc) is 2.27. The fourth-order valence-electron chi connectivity index (χ4n) is 2.18. The van der Waals surface area contributed by atoms with Crippen LogP contribution >= 0.6 is 15.9 Å². The van der Waals surface area contributed by atoms with Crippen LogP contribution in [0, 0.1) is 0 Å². The van der Waals surface area contributed by atoms with Crippen molar-refractivity contribution in [1.82, 2.24) is 0 Å². The molecule has 0 aliphatic carbocycles. The molecule has 0 saturated carbocycles. The first-order valence-corrected chi connectivity index (χ1v) is 8.48. The van der Waals surface area contributed by atoms with E-state index in [1.54, 1.807) is 12.1 Å². The highest BCUT2D eigenvalue weighted by molar-refractivity contribution is 9.10. The molecule has 7 heteroatoms. The first kappa shape index (κ1) is 14.3. The molecule has 1 aromatic rings. The van der Waals surface area contributed by atoms with Crippen molar-refractivity contribution in [1.29, 1.82) is 0 Å². The van der Waals surface area contributed by atoms with Gasteiger partial charge in [0.05, 0.1) is 22.8 Å². The fraction of sp³-hybridized carbons (Fsp3) is 0.417. The Morgan fingerprint density at radius 1 is 1.42 bits per heavy atom. The van der Waals surface area contributed by atoms with E-state index in [1.165, 1.54) is 6.07 Å². The molecule has 1 saturated heterocycles. The molecule has 1 atom stereocenters. The molecule has 1 aromatic carbocycles. The molecule has 1 aliphatic rings. The second kappa shape index (κ2) is 5.50. The van der Waals surface area contributed by atoms with Gasteiger partial charge in [-0.15, -0.1) is 0 Å². The van der Waals surface area contributed by atoms with Gasteiger partial charge in [-0.25, -0.2) is 13.2 Å². The number of sulfone groups is 1. The second-order valence-corrected chi connectivity index (χ2v) is 7.74. The smallest absolute Gasteiger partial charge is 0.337 e. The van der Waals surface area contributed by atoms with Crippen molar-refractivity contribution in [3.8, 4) is 0 Å². The highest BCUT2D eigenvalue weighted by Gasteiger charge is 2.25. The normalized spacial score (nSPS) is 21.8. The predicted octanol–water partition coefficient (Wildman–Crippen LogP) is 2.14. The number of aromatic carboxylic acids is 1. The Labute approximate surface area is 120 Å².